The molecule has 2 aromatic heterocycles. The maximum atomic E-state index is 12.1. The fourth-order valence-corrected chi connectivity index (χ4v) is 2.51. The average Bonchev–Trinajstić information content (AvgIpc) is 2.82. The van der Waals surface area contributed by atoms with Crippen LogP contribution in [0.25, 0.3) is 5.65 Å². The number of ether oxygens (including phenoxy) is 1. The minimum absolute atomic E-state index is 0.0464. The van der Waals surface area contributed by atoms with Crippen molar-refractivity contribution in [3.05, 3.63) is 40.0 Å². The minimum atomic E-state index is -0.637. The molecule has 2 heterocycles. The molecular weight excluding hydrogens is 317 g/mol. The highest BCUT2D eigenvalue weighted by atomic mass is 35.5. The van der Waals surface area contributed by atoms with E-state index in [1.807, 2.05) is 0 Å². The second-order valence-electron chi connectivity index (χ2n) is 4.53. The van der Waals surface area contributed by atoms with E-state index in [0.717, 1.165) is 0 Å². The van der Waals surface area contributed by atoms with Crippen LogP contribution in [0.15, 0.2) is 24.1 Å². The van der Waals surface area contributed by atoms with Gasteiger partial charge in [-0.3, -0.25) is 9.20 Å². The quantitative estimate of drug-likeness (QED) is 0.794. The molecule has 0 N–H and O–H groups in total. The van der Waals surface area contributed by atoms with Crippen LogP contribution in [0.3, 0.4) is 0 Å². The molecule has 6 nitrogen and oxygen atoms in total. The first-order chi connectivity index (χ1) is 10.1. The fraction of sp³-hybridized carbons (Fsp3) is 0.231. The number of aromatic nitrogens is 3. The average molecular weight is 326 g/mol. The number of rotatable bonds is 2. The van der Waals surface area contributed by atoms with Gasteiger partial charge in [0.15, 0.2) is 11.4 Å². The van der Waals surface area contributed by atoms with E-state index in [1.54, 1.807) is 0 Å². The molecule has 0 fully saturated rings. The van der Waals surface area contributed by atoms with E-state index in [-0.39, 0.29) is 27.3 Å². The number of esters is 1. The summed E-state index contributed by atoms with van der Waals surface area (Å²) in [5, 5.41) is 7.71. The van der Waals surface area contributed by atoms with Crippen LogP contribution < -0.4 is 0 Å². The van der Waals surface area contributed by atoms with Crippen LogP contribution in [0.1, 0.15) is 29.6 Å². The van der Waals surface area contributed by atoms with Crippen molar-refractivity contribution in [3.63, 3.8) is 0 Å². The lowest BCUT2D eigenvalue weighted by Crippen LogP contribution is -2.11. The lowest BCUT2D eigenvalue weighted by molar-refractivity contribution is -0.115. The largest absolute Gasteiger partial charge is 0.427 e. The zero-order valence-corrected chi connectivity index (χ0v) is 12.2. The molecule has 0 radical (unpaired) electrons. The van der Waals surface area contributed by atoms with Crippen LogP contribution in [-0.2, 0) is 9.53 Å². The van der Waals surface area contributed by atoms with Crippen molar-refractivity contribution in [1.29, 1.82) is 0 Å². The lowest BCUT2D eigenvalue weighted by Gasteiger charge is -2.12. The minimum Gasteiger partial charge on any atom is -0.427 e. The summed E-state index contributed by atoms with van der Waals surface area (Å²) in [6, 6.07) is 1.47. The standard InChI is InChI=1S/C13H9Cl2N3O3/c14-10-9(4-5-18-11(10)16-17-13(18)15)12(20)21-8-3-1-2-7(19)6-8/h4-6H,1-3H2. The third-order valence-corrected chi connectivity index (χ3v) is 3.72. The van der Waals surface area contributed by atoms with Gasteiger partial charge in [-0.25, -0.2) is 4.79 Å². The number of allylic oxidation sites excluding steroid dienone is 2. The number of halogens is 2. The lowest BCUT2D eigenvalue weighted by atomic mass is 10.1. The van der Waals surface area contributed by atoms with Crippen LogP contribution in [0.2, 0.25) is 10.3 Å². The van der Waals surface area contributed by atoms with Gasteiger partial charge in [0.25, 0.3) is 0 Å². The molecule has 0 aromatic carbocycles. The maximum Gasteiger partial charge on any atom is 0.344 e. The molecule has 0 aliphatic heterocycles. The van der Waals surface area contributed by atoms with Gasteiger partial charge in [-0.15, -0.1) is 10.2 Å². The number of carbonyl (C=O) groups is 2. The second kappa shape index (κ2) is 5.46. The smallest absolute Gasteiger partial charge is 0.344 e. The first-order valence-electron chi connectivity index (χ1n) is 6.20. The first-order valence-corrected chi connectivity index (χ1v) is 6.96. The van der Waals surface area contributed by atoms with Gasteiger partial charge in [0.2, 0.25) is 5.28 Å². The van der Waals surface area contributed by atoms with Crippen molar-refractivity contribution in [2.24, 2.45) is 0 Å². The predicted molar refractivity (Wildman–Crippen MR) is 75.4 cm³/mol. The predicted octanol–water partition coefficient (Wildman–Crippen LogP) is 2.83. The molecule has 1 aliphatic carbocycles. The van der Waals surface area contributed by atoms with Gasteiger partial charge in [0, 0.05) is 25.1 Å². The summed E-state index contributed by atoms with van der Waals surface area (Å²) in [5.74, 6) is -0.330. The van der Waals surface area contributed by atoms with E-state index in [4.69, 9.17) is 27.9 Å². The van der Waals surface area contributed by atoms with Crippen molar-refractivity contribution in [1.82, 2.24) is 14.6 Å². The van der Waals surface area contributed by atoms with E-state index in [1.165, 1.54) is 22.7 Å². The van der Waals surface area contributed by atoms with Gasteiger partial charge < -0.3 is 4.74 Å². The Balaban J connectivity index is 1.91. The highest BCUT2D eigenvalue weighted by molar-refractivity contribution is 6.36. The SMILES string of the molecule is O=C1C=C(OC(=O)c2ccn3c(Cl)nnc3c2Cl)CCC1. The van der Waals surface area contributed by atoms with Crippen LogP contribution in [0.5, 0.6) is 0 Å². The summed E-state index contributed by atoms with van der Waals surface area (Å²) >= 11 is 11.9. The third kappa shape index (κ3) is 2.64. The van der Waals surface area contributed by atoms with Crippen molar-refractivity contribution in [3.8, 4) is 0 Å². The summed E-state index contributed by atoms with van der Waals surface area (Å²) in [7, 11) is 0. The summed E-state index contributed by atoms with van der Waals surface area (Å²) in [4.78, 5) is 23.4. The Hall–Kier alpha value is -1.92. The van der Waals surface area contributed by atoms with Crippen molar-refractivity contribution in [2.75, 3.05) is 0 Å². The molecule has 8 heteroatoms. The Labute approximate surface area is 129 Å². The zero-order chi connectivity index (χ0) is 15.0. The van der Waals surface area contributed by atoms with Crippen LogP contribution in [0, 0.1) is 0 Å². The molecule has 0 saturated heterocycles. The molecule has 0 amide bonds. The topological polar surface area (TPSA) is 73.6 Å². The molecule has 108 valence electrons. The van der Waals surface area contributed by atoms with E-state index >= 15 is 0 Å². The van der Waals surface area contributed by atoms with Gasteiger partial charge in [0.1, 0.15) is 10.8 Å². The van der Waals surface area contributed by atoms with Gasteiger partial charge in [-0.1, -0.05) is 11.6 Å². The van der Waals surface area contributed by atoms with Crippen LogP contribution in [-0.4, -0.2) is 26.4 Å². The maximum absolute atomic E-state index is 12.1. The number of hydrogen-bond acceptors (Lipinski definition) is 5. The summed E-state index contributed by atoms with van der Waals surface area (Å²) in [6.07, 6.45) is 4.58. The number of fused-ring (bicyclic) bond motifs is 1. The highest BCUT2D eigenvalue weighted by Gasteiger charge is 2.20. The Morgan fingerprint density at radius 1 is 1.29 bits per heavy atom. The first kappa shape index (κ1) is 14.0. The summed E-state index contributed by atoms with van der Waals surface area (Å²) in [5.41, 5.74) is 0.414. The number of pyridine rings is 1. The van der Waals surface area contributed by atoms with Gasteiger partial charge in [-0.2, -0.15) is 0 Å². The molecule has 0 bridgehead atoms. The molecule has 3 rings (SSSR count). The third-order valence-electron chi connectivity index (χ3n) is 3.09. The normalized spacial score (nSPS) is 15.1. The Morgan fingerprint density at radius 2 is 2.10 bits per heavy atom. The number of nitrogens with zero attached hydrogens (tertiary/aromatic N) is 3. The Kier molecular flexibility index (Phi) is 3.65. The van der Waals surface area contributed by atoms with Crippen LogP contribution >= 0.6 is 23.2 Å². The monoisotopic (exact) mass is 325 g/mol. The molecule has 21 heavy (non-hydrogen) atoms. The van der Waals surface area contributed by atoms with Crippen molar-refractivity contribution >= 4 is 40.6 Å². The summed E-state index contributed by atoms with van der Waals surface area (Å²) < 4.78 is 6.66. The van der Waals surface area contributed by atoms with Gasteiger partial charge in [-0.05, 0) is 24.1 Å². The second-order valence-corrected chi connectivity index (χ2v) is 5.24. The molecule has 0 saturated carbocycles. The van der Waals surface area contributed by atoms with Crippen molar-refractivity contribution in [2.45, 2.75) is 19.3 Å². The fourth-order valence-electron chi connectivity index (χ4n) is 2.07. The number of hydrogen-bond donors (Lipinski definition) is 0. The Morgan fingerprint density at radius 3 is 2.86 bits per heavy atom. The van der Waals surface area contributed by atoms with Gasteiger partial charge >= 0.3 is 5.97 Å². The Bertz CT molecular complexity index is 782. The van der Waals surface area contributed by atoms with Crippen molar-refractivity contribution < 1.29 is 14.3 Å². The molecule has 2 aromatic rings. The number of ketones is 1. The van der Waals surface area contributed by atoms with Crippen LogP contribution in [0.4, 0.5) is 0 Å². The van der Waals surface area contributed by atoms with E-state index in [0.29, 0.717) is 25.0 Å². The molecule has 0 unspecified atom stereocenters. The van der Waals surface area contributed by atoms with Gasteiger partial charge in [0.05, 0.1) is 5.56 Å². The molecular formula is C13H9Cl2N3O3. The van der Waals surface area contributed by atoms with E-state index < -0.39 is 5.97 Å². The zero-order valence-electron chi connectivity index (χ0n) is 10.7. The molecule has 1 aliphatic rings. The van der Waals surface area contributed by atoms with E-state index in [2.05, 4.69) is 10.2 Å². The summed E-state index contributed by atoms with van der Waals surface area (Å²) in [6.45, 7) is 0. The highest BCUT2D eigenvalue weighted by Crippen LogP contribution is 2.25. The number of carbonyl (C=O) groups excluding carboxylic acids is 2. The molecule has 0 atom stereocenters. The molecule has 0 spiro atoms. The van der Waals surface area contributed by atoms with E-state index in [9.17, 15) is 9.59 Å².